The van der Waals surface area contributed by atoms with Crippen LogP contribution in [0.15, 0.2) is 36.0 Å². The predicted octanol–water partition coefficient (Wildman–Crippen LogP) is 4.89. The van der Waals surface area contributed by atoms with E-state index in [1.54, 1.807) is 0 Å². The maximum atomic E-state index is 2.21. The van der Waals surface area contributed by atoms with Crippen LogP contribution in [0.3, 0.4) is 0 Å². The third-order valence-corrected chi connectivity index (χ3v) is 1.19. The molecule has 76 valence electrons. The molecule has 0 N–H and O–H groups in total. The van der Waals surface area contributed by atoms with Crippen LogP contribution in [0.25, 0.3) is 0 Å². The van der Waals surface area contributed by atoms with Gasteiger partial charge in [0.2, 0.25) is 0 Å². The molecule has 0 heterocycles. The van der Waals surface area contributed by atoms with Gasteiger partial charge in [0, 0.05) is 0 Å². The number of hydrogen-bond donors (Lipinski definition) is 0. The maximum Gasteiger partial charge on any atom is -0.0374 e. The van der Waals surface area contributed by atoms with Gasteiger partial charge < -0.3 is 0 Å². The van der Waals surface area contributed by atoms with Gasteiger partial charge in [-0.3, -0.25) is 0 Å². The minimum Gasteiger partial charge on any atom is -0.0877 e. The van der Waals surface area contributed by atoms with E-state index in [-0.39, 0.29) is 0 Å². The van der Waals surface area contributed by atoms with Crippen LogP contribution in [0.1, 0.15) is 47.5 Å². The van der Waals surface area contributed by atoms with Gasteiger partial charge in [0.15, 0.2) is 0 Å². The molecular formula is C13H24. The van der Waals surface area contributed by atoms with Crippen molar-refractivity contribution in [2.75, 3.05) is 0 Å². The molecule has 0 amide bonds. The summed E-state index contributed by atoms with van der Waals surface area (Å²) in [6, 6.07) is 0. The minimum absolute atomic E-state index is 1.12. The molecule has 0 spiro atoms. The Bertz CT molecular complexity index is 159. The minimum atomic E-state index is 1.12. The Morgan fingerprint density at radius 3 is 2.00 bits per heavy atom. The summed E-state index contributed by atoms with van der Waals surface area (Å²) < 4.78 is 0. The van der Waals surface area contributed by atoms with Gasteiger partial charge in [-0.1, -0.05) is 63.1 Å². The third-order valence-electron chi connectivity index (χ3n) is 1.19. The second-order valence-corrected chi connectivity index (χ2v) is 2.95. The first-order valence-corrected chi connectivity index (χ1v) is 5.18. The highest BCUT2D eigenvalue weighted by Crippen LogP contribution is 1.96. The summed E-state index contributed by atoms with van der Waals surface area (Å²) in [6.07, 6.45) is 12.8. The molecule has 0 fully saturated rings. The summed E-state index contributed by atoms with van der Waals surface area (Å²) in [5.41, 5.74) is 1.33. The highest BCUT2D eigenvalue weighted by atomic mass is 13.8. The van der Waals surface area contributed by atoms with E-state index in [1.165, 1.54) is 12.0 Å². The van der Waals surface area contributed by atoms with Crippen LogP contribution in [0, 0.1) is 0 Å². The van der Waals surface area contributed by atoms with Crippen molar-refractivity contribution >= 4 is 0 Å². The van der Waals surface area contributed by atoms with E-state index in [0.29, 0.717) is 0 Å². The molecule has 13 heavy (non-hydrogen) atoms. The van der Waals surface area contributed by atoms with Crippen molar-refractivity contribution in [3.63, 3.8) is 0 Å². The monoisotopic (exact) mass is 180 g/mol. The first-order chi connectivity index (χ1) is 6.22. The van der Waals surface area contributed by atoms with Crippen LogP contribution in [-0.4, -0.2) is 0 Å². The SMILES string of the molecule is CCC.C\C=C/C=C\C(C)=C\CC. The smallest absolute Gasteiger partial charge is 0.0374 e. The fraction of sp³-hybridized carbons (Fsp3) is 0.538. The first-order valence-electron chi connectivity index (χ1n) is 5.18. The fourth-order valence-electron chi connectivity index (χ4n) is 0.708. The topological polar surface area (TPSA) is 0 Å². The maximum absolute atomic E-state index is 2.21. The van der Waals surface area contributed by atoms with Gasteiger partial charge in [-0.15, -0.1) is 0 Å². The van der Waals surface area contributed by atoms with Crippen molar-refractivity contribution < 1.29 is 0 Å². The average Bonchev–Trinajstić information content (AvgIpc) is 2.07. The lowest BCUT2D eigenvalue weighted by molar-refractivity contribution is 1.09. The largest absolute Gasteiger partial charge is 0.0877 e. The van der Waals surface area contributed by atoms with Gasteiger partial charge in [0.05, 0.1) is 0 Å². The van der Waals surface area contributed by atoms with E-state index in [1.807, 2.05) is 19.1 Å². The molecule has 0 rings (SSSR count). The normalized spacial score (nSPS) is 11.9. The molecule has 0 aliphatic rings. The molecule has 0 aromatic carbocycles. The Balaban J connectivity index is 0. The summed E-state index contributed by atoms with van der Waals surface area (Å²) in [7, 11) is 0. The van der Waals surface area contributed by atoms with E-state index in [4.69, 9.17) is 0 Å². The molecular weight excluding hydrogens is 156 g/mol. The van der Waals surface area contributed by atoms with Crippen molar-refractivity contribution in [1.29, 1.82) is 0 Å². The number of hydrogen-bond acceptors (Lipinski definition) is 0. The van der Waals surface area contributed by atoms with Crippen molar-refractivity contribution in [2.45, 2.75) is 47.5 Å². The lowest BCUT2D eigenvalue weighted by atomic mass is 10.2. The van der Waals surface area contributed by atoms with Crippen LogP contribution in [0.5, 0.6) is 0 Å². The summed E-state index contributed by atoms with van der Waals surface area (Å²) in [6.45, 7) is 10.5. The molecule has 0 aliphatic carbocycles. The standard InChI is InChI=1S/C10H16.C3H8/c1-4-6-7-9-10(3)8-5-2;1-3-2/h4,6-9H,5H2,1-3H3;3H2,1-2H3/b6-4-,9-7-,10-8+;. The molecule has 0 heteroatoms. The Morgan fingerprint density at radius 1 is 1.08 bits per heavy atom. The van der Waals surface area contributed by atoms with Gasteiger partial charge >= 0.3 is 0 Å². The van der Waals surface area contributed by atoms with Crippen molar-refractivity contribution in [2.24, 2.45) is 0 Å². The Morgan fingerprint density at radius 2 is 1.62 bits per heavy atom. The summed E-state index contributed by atoms with van der Waals surface area (Å²) >= 11 is 0. The molecule has 0 aromatic rings. The molecule has 0 radical (unpaired) electrons. The first kappa shape index (κ1) is 14.7. The summed E-state index contributed by atoms with van der Waals surface area (Å²) in [5.74, 6) is 0. The summed E-state index contributed by atoms with van der Waals surface area (Å²) in [5, 5.41) is 0. The zero-order chi connectivity index (χ0) is 10.5. The third kappa shape index (κ3) is 18.3. The average molecular weight is 180 g/mol. The second-order valence-electron chi connectivity index (χ2n) is 2.95. The predicted molar refractivity (Wildman–Crippen MR) is 64.0 cm³/mol. The molecule has 0 aliphatic heterocycles. The van der Waals surface area contributed by atoms with Crippen LogP contribution >= 0.6 is 0 Å². The molecule has 0 aromatic heterocycles. The molecule has 0 bridgehead atoms. The van der Waals surface area contributed by atoms with Crippen molar-refractivity contribution in [1.82, 2.24) is 0 Å². The van der Waals surface area contributed by atoms with Crippen LogP contribution in [0.4, 0.5) is 0 Å². The van der Waals surface area contributed by atoms with Gasteiger partial charge in [-0.05, 0) is 20.3 Å². The van der Waals surface area contributed by atoms with Crippen LogP contribution < -0.4 is 0 Å². The molecule has 0 atom stereocenters. The van der Waals surface area contributed by atoms with E-state index < -0.39 is 0 Å². The van der Waals surface area contributed by atoms with E-state index in [0.717, 1.165) is 6.42 Å². The van der Waals surface area contributed by atoms with Crippen LogP contribution in [-0.2, 0) is 0 Å². The fourth-order valence-corrected chi connectivity index (χ4v) is 0.708. The lowest BCUT2D eigenvalue weighted by Crippen LogP contribution is -1.65. The Kier molecular flexibility index (Phi) is 15.6. The van der Waals surface area contributed by atoms with E-state index in [9.17, 15) is 0 Å². The molecule has 0 unspecified atom stereocenters. The second kappa shape index (κ2) is 13.8. The van der Waals surface area contributed by atoms with E-state index >= 15 is 0 Å². The van der Waals surface area contributed by atoms with Crippen molar-refractivity contribution in [3.8, 4) is 0 Å². The van der Waals surface area contributed by atoms with Gasteiger partial charge in [0.25, 0.3) is 0 Å². The zero-order valence-electron chi connectivity index (χ0n) is 9.80. The quantitative estimate of drug-likeness (QED) is 0.542. The molecule has 0 nitrogen and oxygen atoms in total. The highest BCUT2D eigenvalue weighted by molar-refractivity contribution is 5.19. The van der Waals surface area contributed by atoms with E-state index in [2.05, 4.69) is 45.9 Å². The summed E-state index contributed by atoms with van der Waals surface area (Å²) in [4.78, 5) is 0. The zero-order valence-corrected chi connectivity index (χ0v) is 9.80. The lowest BCUT2D eigenvalue weighted by Gasteiger charge is -1.86. The van der Waals surface area contributed by atoms with Gasteiger partial charge in [-0.25, -0.2) is 0 Å². The Labute approximate surface area is 84.1 Å². The van der Waals surface area contributed by atoms with Crippen molar-refractivity contribution in [3.05, 3.63) is 36.0 Å². The number of allylic oxidation sites excluding steroid dienone is 6. The molecule has 0 saturated heterocycles. The molecule has 0 saturated carbocycles. The van der Waals surface area contributed by atoms with Crippen LogP contribution in [0.2, 0.25) is 0 Å². The Hall–Kier alpha value is -0.780. The number of rotatable bonds is 3. The van der Waals surface area contributed by atoms with Gasteiger partial charge in [0.1, 0.15) is 0 Å². The van der Waals surface area contributed by atoms with Gasteiger partial charge in [-0.2, -0.15) is 0 Å². The highest BCUT2D eigenvalue weighted by Gasteiger charge is 1.75.